The molecule has 0 bridgehead atoms. The van der Waals surface area contributed by atoms with E-state index >= 15 is 0 Å². The molecule has 10 heteroatoms. The quantitative estimate of drug-likeness (QED) is 0.608. The van der Waals surface area contributed by atoms with Gasteiger partial charge in [-0.15, -0.1) is 0 Å². The van der Waals surface area contributed by atoms with Crippen LogP contribution >= 0.6 is 0 Å². The summed E-state index contributed by atoms with van der Waals surface area (Å²) in [4.78, 5) is 30.5. The smallest absolute Gasteiger partial charge is 0.290 e. The van der Waals surface area contributed by atoms with E-state index in [0.717, 1.165) is 35.8 Å². The molecule has 0 spiro atoms. The molecule has 0 aliphatic carbocycles. The summed E-state index contributed by atoms with van der Waals surface area (Å²) in [6.45, 7) is 1.88. The molecule has 2 aromatic heterocycles. The highest BCUT2D eigenvalue weighted by Gasteiger charge is 2.27. The molecule has 1 aromatic carbocycles. The normalized spacial score (nSPS) is 15.6. The van der Waals surface area contributed by atoms with Gasteiger partial charge in [0.15, 0.2) is 0 Å². The number of likely N-dealkylation sites (tertiary alicyclic amines) is 1. The van der Waals surface area contributed by atoms with Crippen LogP contribution < -0.4 is 4.74 Å². The molecule has 1 atom stereocenters. The van der Waals surface area contributed by atoms with Crippen LogP contribution in [0.3, 0.4) is 0 Å². The molecule has 1 amide bonds. The maximum absolute atomic E-state index is 11.8. The fraction of sp³-hybridized carbons (Fsp3) is 0.350. The molecule has 158 valence electrons. The molecule has 3 heterocycles. The largest absolute Gasteiger partial charge is 0.496 e. The Kier molecular flexibility index (Phi) is 6.79. The minimum Gasteiger partial charge on any atom is -0.496 e. The van der Waals surface area contributed by atoms with E-state index in [9.17, 15) is 4.79 Å². The minimum atomic E-state index is -0.250. The van der Waals surface area contributed by atoms with Gasteiger partial charge < -0.3 is 19.3 Å². The van der Waals surface area contributed by atoms with E-state index in [-0.39, 0.29) is 12.4 Å². The zero-order chi connectivity index (χ0) is 21.5. The molecule has 4 rings (SSSR count). The van der Waals surface area contributed by atoms with Crippen LogP contribution in [0.15, 0.2) is 43.2 Å². The van der Waals surface area contributed by atoms with Gasteiger partial charge in [0.25, 0.3) is 6.47 Å². The maximum atomic E-state index is 11.8. The molecule has 1 unspecified atom stereocenters. The van der Waals surface area contributed by atoms with Crippen molar-refractivity contribution in [3.8, 4) is 17.1 Å². The summed E-state index contributed by atoms with van der Waals surface area (Å²) in [5.41, 5.74) is 2.01. The van der Waals surface area contributed by atoms with E-state index in [0.29, 0.717) is 18.9 Å². The molecule has 1 fully saturated rings. The first-order chi connectivity index (χ1) is 14.5. The number of benzene rings is 1. The minimum absolute atomic E-state index is 0.209. The molecular formula is C20H24N6O4. The number of imidazole rings is 1. The van der Waals surface area contributed by atoms with Gasteiger partial charge in [-0.1, -0.05) is 0 Å². The first kappa shape index (κ1) is 21.0. The number of aromatic nitrogens is 5. The number of amides is 1. The molecular weight excluding hydrogens is 388 g/mol. The first-order valence-electron chi connectivity index (χ1n) is 9.38. The van der Waals surface area contributed by atoms with Gasteiger partial charge in [0.05, 0.1) is 13.7 Å². The van der Waals surface area contributed by atoms with Crippen LogP contribution in [0, 0.1) is 5.92 Å². The molecule has 10 nitrogen and oxygen atoms in total. The van der Waals surface area contributed by atoms with Crippen molar-refractivity contribution in [2.24, 2.45) is 5.92 Å². The standard InChI is InChI=1S/C19H22N6O2.CH2O2/c1-23-9-14(7-18(23)26)10-24-6-5-21-19(24)15-3-4-17(27-2)16(8-15)11-25-13-20-12-22-25;2-1-3/h3-6,8,12-14H,7,9-11H2,1-2H3;1H,(H,2,3). The van der Waals surface area contributed by atoms with Crippen molar-refractivity contribution in [3.63, 3.8) is 0 Å². The Morgan fingerprint density at radius 2 is 2.17 bits per heavy atom. The lowest BCUT2D eigenvalue weighted by Crippen LogP contribution is -2.20. The highest BCUT2D eigenvalue weighted by atomic mass is 16.5. The average molecular weight is 412 g/mol. The molecule has 1 aliphatic heterocycles. The highest BCUT2D eigenvalue weighted by Crippen LogP contribution is 2.28. The third kappa shape index (κ3) is 4.83. The van der Waals surface area contributed by atoms with E-state index in [1.165, 1.54) is 6.33 Å². The van der Waals surface area contributed by atoms with E-state index in [4.69, 9.17) is 14.6 Å². The monoisotopic (exact) mass is 412 g/mol. The van der Waals surface area contributed by atoms with Gasteiger partial charge in [-0.25, -0.2) is 14.6 Å². The lowest BCUT2D eigenvalue weighted by atomic mass is 10.1. The van der Waals surface area contributed by atoms with Crippen molar-refractivity contribution in [3.05, 3.63) is 48.8 Å². The van der Waals surface area contributed by atoms with Gasteiger partial charge >= 0.3 is 0 Å². The van der Waals surface area contributed by atoms with Crippen molar-refractivity contribution in [2.45, 2.75) is 19.5 Å². The number of carboxylic acid groups (broad SMARTS) is 1. The van der Waals surface area contributed by atoms with Gasteiger partial charge in [0.1, 0.15) is 24.2 Å². The number of nitrogens with zero attached hydrogens (tertiary/aromatic N) is 6. The van der Waals surface area contributed by atoms with Crippen LogP contribution in [-0.4, -0.2) is 67.4 Å². The lowest BCUT2D eigenvalue weighted by molar-refractivity contribution is -0.126. The van der Waals surface area contributed by atoms with E-state index < -0.39 is 0 Å². The van der Waals surface area contributed by atoms with E-state index in [2.05, 4.69) is 25.7 Å². The Morgan fingerprint density at radius 3 is 2.80 bits per heavy atom. The molecule has 0 saturated carbocycles. The summed E-state index contributed by atoms with van der Waals surface area (Å²) in [6, 6.07) is 6.03. The number of hydrogen-bond acceptors (Lipinski definition) is 6. The van der Waals surface area contributed by atoms with Gasteiger partial charge in [-0.2, -0.15) is 5.10 Å². The second-order valence-electron chi connectivity index (χ2n) is 6.97. The highest BCUT2D eigenvalue weighted by molar-refractivity contribution is 5.78. The first-order valence-corrected chi connectivity index (χ1v) is 9.38. The van der Waals surface area contributed by atoms with E-state index in [1.807, 2.05) is 25.4 Å². The SMILES string of the molecule is COc1ccc(-c2nccn2CC2CC(=O)N(C)C2)cc1Cn1cncn1.O=CO. The second kappa shape index (κ2) is 9.68. The van der Waals surface area contributed by atoms with Gasteiger partial charge in [0, 0.05) is 56.0 Å². The molecule has 30 heavy (non-hydrogen) atoms. The Labute approximate surface area is 173 Å². The Balaban J connectivity index is 0.000000806. The average Bonchev–Trinajstić information content (AvgIpc) is 3.46. The van der Waals surface area contributed by atoms with Crippen molar-refractivity contribution in [1.82, 2.24) is 29.2 Å². The molecule has 1 N–H and O–H groups in total. The number of ether oxygens (including phenoxy) is 1. The fourth-order valence-corrected chi connectivity index (χ4v) is 3.60. The van der Waals surface area contributed by atoms with Gasteiger partial charge in [0.2, 0.25) is 5.91 Å². The van der Waals surface area contributed by atoms with Crippen LogP contribution in [-0.2, 0) is 22.7 Å². The van der Waals surface area contributed by atoms with Gasteiger partial charge in [-0.3, -0.25) is 9.59 Å². The maximum Gasteiger partial charge on any atom is 0.290 e. The Morgan fingerprint density at radius 1 is 1.37 bits per heavy atom. The summed E-state index contributed by atoms with van der Waals surface area (Å²) in [7, 11) is 3.52. The summed E-state index contributed by atoms with van der Waals surface area (Å²) in [5.74, 6) is 2.21. The van der Waals surface area contributed by atoms with Crippen LogP contribution in [0.25, 0.3) is 11.4 Å². The predicted molar refractivity (Wildman–Crippen MR) is 108 cm³/mol. The summed E-state index contributed by atoms with van der Waals surface area (Å²) < 4.78 is 9.38. The number of rotatable bonds is 6. The van der Waals surface area contributed by atoms with Crippen molar-refractivity contribution < 1.29 is 19.4 Å². The zero-order valence-corrected chi connectivity index (χ0v) is 16.9. The second-order valence-corrected chi connectivity index (χ2v) is 6.97. The van der Waals surface area contributed by atoms with Crippen molar-refractivity contribution in [2.75, 3.05) is 20.7 Å². The lowest BCUT2D eigenvalue weighted by Gasteiger charge is -2.15. The zero-order valence-electron chi connectivity index (χ0n) is 16.9. The fourth-order valence-electron chi connectivity index (χ4n) is 3.60. The summed E-state index contributed by atoms with van der Waals surface area (Å²) in [6.07, 6.45) is 7.56. The third-order valence-electron chi connectivity index (χ3n) is 4.93. The Hall–Kier alpha value is -3.69. The topological polar surface area (TPSA) is 115 Å². The van der Waals surface area contributed by atoms with Crippen molar-refractivity contribution >= 4 is 12.4 Å². The third-order valence-corrected chi connectivity index (χ3v) is 4.93. The van der Waals surface area contributed by atoms with Crippen LogP contribution in [0.2, 0.25) is 0 Å². The van der Waals surface area contributed by atoms with E-state index in [1.54, 1.807) is 29.2 Å². The number of methoxy groups -OCH3 is 1. The number of carbonyl (C=O) groups is 2. The van der Waals surface area contributed by atoms with Crippen LogP contribution in [0.5, 0.6) is 5.75 Å². The van der Waals surface area contributed by atoms with Crippen LogP contribution in [0.1, 0.15) is 12.0 Å². The summed E-state index contributed by atoms with van der Waals surface area (Å²) >= 11 is 0. The van der Waals surface area contributed by atoms with Crippen LogP contribution in [0.4, 0.5) is 0 Å². The summed E-state index contributed by atoms with van der Waals surface area (Å²) in [5, 5.41) is 11.1. The number of carbonyl (C=O) groups excluding carboxylic acids is 1. The molecule has 1 aliphatic rings. The Bertz CT molecular complexity index is 985. The van der Waals surface area contributed by atoms with Gasteiger partial charge in [-0.05, 0) is 18.2 Å². The molecule has 3 aromatic rings. The predicted octanol–water partition coefficient (Wildman–Crippen LogP) is 1.38. The molecule has 1 saturated heterocycles. The van der Waals surface area contributed by atoms with Crippen molar-refractivity contribution in [1.29, 1.82) is 0 Å². The molecule has 0 radical (unpaired) electrons. The number of hydrogen-bond donors (Lipinski definition) is 1.